The number of aliphatic hydroxyl groups excluding tert-OH is 1. The van der Waals surface area contributed by atoms with Crippen molar-refractivity contribution in [1.82, 2.24) is 61.7 Å². The Balaban J connectivity index is 1.87. The lowest BCUT2D eigenvalue weighted by Crippen LogP contribution is -2.62. The summed E-state index contributed by atoms with van der Waals surface area (Å²) in [5.74, 6) is -10.6. The maximum absolute atomic E-state index is 15.3. The highest BCUT2D eigenvalue weighted by Crippen LogP contribution is 2.23. The number of nitrogens with zero attached hydrogens (tertiary/aromatic N) is 5. The highest BCUT2D eigenvalue weighted by atomic mass is 16.3. The minimum absolute atomic E-state index is 0.0411. The molecule has 0 radical (unpaired) electrons. The average Bonchev–Trinajstić information content (AvgIpc) is 1.27. The topological polar surface area (TPSA) is 325 Å². The fraction of sp³-hybridized carbons (Fsp3) is 0.636. The summed E-state index contributed by atoms with van der Waals surface area (Å²) in [6.07, 6.45) is 0.408. The highest BCUT2D eigenvalue weighted by molar-refractivity contribution is 6.00. The first kappa shape index (κ1) is 75.5. The van der Waals surface area contributed by atoms with E-state index in [0.717, 1.165) is 11.3 Å². The third-order valence-corrected chi connectivity index (χ3v) is 17.1. The van der Waals surface area contributed by atoms with Gasteiger partial charge in [-0.1, -0.05) is 122 Å². The van der Waals surface area contributed by atoms with Gasteiger partial charge in [-0.2, -0.15) is 0 Å². The Morgan fingerprint density at radius 3 is 1.60 bits per heavy atom. The van der Waals surface area contributed by atoms with Crippen LogP contribution in [0.1, 0.15) is 132 Å². The monoisotopic (exact) mass is 1270 g/mol. The van der Waals surface area contributed by atoms with Crippen LogP contribution >= 0.6 is 0 Å². The van der Waals surface area contributed by atoms with Crippen molar-refractivity contribution in [3.8, 4) is 0 Å². The molecule has 0 aromatic heterocycles. The summed E-state index contributed by atoms with van der Waals surface area (Å²) in [6.45, 7) is 18.3. The van der Waals surface area contributed by atoms with Crippen LogP contribution in [0.5, 0.6) is 0 Å². The number of aliphatic hydroxyl groups is 1. The van der Waals surface area contributed by atoms with Crippen molar-refractivity contribution >= 4 is 70.9 Å². The van der Waals surface area contributed by atoms with Gasteiger partial charge in [-0.3, -0.25) is 57.5 Å². The average molecular weight is 1270 g/mol. The Bertz CT molecular complexity index is 2830. The van der Waals surface area contributed by atoms with Crippen molar-refractivity contribution in [2.75, 3.05) is 47.8 Å². The zero-order valence-corrected chi connectivity index (χ0v) is 56.0. The first-order valence-electron chi connectivity index (χ1n) is 32.0. The lowest BCUT2D eigenvalue weighted by Gasteiger charge is -2.38. The SMILES string of the molecule is CC[C@H](C)[C@@H]1NC(=O)[C@H](Cc2ccccc2)N(C)C(=O)[C@H](Cc2ccccc2)NC(=O)[C@H](C(C)C)N(C)C(=O)[C@H](CC(C)C)N(C)C(=O)[C@H](CC(C)C)NC(=O)[C@H](C)NC(=O)C[C@@H](C(=O)N2CCCCC2)NC(=O)[C@H]([C@@H](C)O)NC(=O)CNC(=O)[C@H](C)N(C)C1=O. The molecule has 2 saturated heterocycles. The van der Waals surface area contributed by atoms with Crippen molar-refractivity contribution in [3.05, 3.63) is 71.8 Å². The van der Waals surface area contributed by atoms with E-state index in [0.29, 0.717) is 43.5 Å². The summed E-state index contributed by atoms with van der Waals surface area (Å²) in [4.78, 5) is 180. The maximum Gasteiger partial charge on any atom is 0.245 e. The number of amides is 12. The predicted molar refractivity (Wildman–Crippen MR) is 342 cm³/mol. The molecule has 25 nitrogen and oxygen atoms in total. The second-order valence-electron chi connectivity index (χ2n) is 25.8. The van der Waals surface area contributed by atoms with Crippen LogP contribution in [0.15, 0.2) is 60.7 Å². The second-order valence-corrected chi connectivity index (χ2v) is 25.8. The quantitative estimate of drug-likeness (QED) is 0.141. The standard InChI is InChI=1S/C66H102N12O13/c1-16-41(8)54-66(91)74(12)43(10)58(83)67-37-53(81)72-55(44(11)79)60(85)70-49(64(89)78-30-24-19-25-31-78)36-52(80)68-42(9)57(82)69-47(32-38(2)3)62(87)76(14)51(33-39(4)5)65(90)77(15)56(40(6)7)61(86)71-48(34-45-26-20-17-21-27-45)63(88)75(13)50(59(84)73-54)35-46-28-22-18-23-29-46/h17-18,20-23,26-29,38-44,47-51,54-56,79H,16,19,24-25,30-37H2,1-15H3,(H,67,83)(H,68,80)(H,69,82)(H,70,85)(H,71,86)(H,72,81)(H,73,84)/t41-,42-,43-,44+,47-,48-,49-,50-,51-,54-,55-,56-/m0/s1. The molecule has 91 heavy (non-hydrogen) atoms. The molecule has 0 aliphatic carbocycles. The first-order valence-corrected chi connectivity index (χ1v) is 32.0. The van der Waals surface area contributed by atoms with E-state index in [1.165, 1.54) is 68.6 Å². The van der Waals surface area contributed by atoms with Crippen molar-refractivity contribution in [1.29, 1.82) is 0 Å². The van der Waals surface area contributed by atoms with E-state index in [2.05, 4.69) is 37.2 Å². The molecular formula is C66H102N12O13. The summed E-state index contributed by atoms with van der Waals surface area (Å²) in [6, 6.07) is 4.42. The molecule has 0 bridgehead atoms. The Labute approximate surface area is 537 Å². The Kier molecular flexibility index (Phi) is 29.5. The zero-order valence-electron chi connectivity index (χ0n) is 56.0. The third kappa shape index (κ3) is 21.9. The van der Waals surface area contributed by atoms with Crippen molar-refractivity contribution in [2.45, 2.75) is 200 Å². The largest absolute Gasteiger partial charge is 0.391 e. The Morgan fingerprint density at radius 2 is 1.07 bits per heavy atom. The summed E-state index contributed by atoms with van der Waals surface area (Å²) >= 11 is 0. The summed E-state index contributed by atoms with van der Waals surface area (Å²) in [5.41, 5.74) is 1.31. The Morgan fingerprint density at radius 1 is 0.527 bits per heavy atom. The molecule has 2 aliphatic heterocycles. The number of likely N-dealkylation sites (tertiary alicyclic amines) is 1. The van der Waals surface area contributed by atoms with Crippen LogP contribution < -0.4 is 37.2 Å². The molecule has 0 saturated carbocycles. The van der Waals surface area contributed by atoms with Crippen LogP contribution in [-0.2, 0) is 70.4 Å². The van der Waals surface area contributed by atoms with E-state index in [-0.39, 0.29) is 37.5 Å². The predicted octanol–water partition coefficient (Wildman–Crippen LogP) is 1.44. The molecule has 25 heteroatoms. The molecular weight excluding hydrogens is 1170 g/mol. The molecule has 2 fully saturated rings. The fourth-order valence-electron chi connectivity index (χ4n) is 11.3. The van der Waals surface area contributed by atoms with Gasteiger partial charge in [-0.05, 0) is 87.7 Å². The minimum Gasteiger partial charge on any atom is -0.391 e. The van der Waals surface area contributed by atoms with Crippen molar-refractivity contribution in [2.24, 2.45) is 23.7 Å². The second kappa shape index (κ2) is 35.6. The highest BCUT2D eigenvalue weighted by Gasteiger charge is 2.43. The van der Waals surface area contributed by atoms with Gasteiger partial charge in [0, 0.05) is 54.1 Å². The molecule has 0 unspecified atom stereocenters. The number of benzene rings is 2. The van der Waals surface area contributed by atoms with Crippen LogP contribution in [0.4, 0.5) is 0 Å². The van der Waals surface area contributed by atoms with Gasteiger partial charge in [0.1, 0.15) is 60.4 Å². The van der Waals surface area contributed by atoms with Crippen LogP contribution in [-0.4, -0.2) is 215 Å². The van der Waals surface area contributed by atoms with Gasteiger partial charge < -0.3 is 66.8 Å². The maximum atomic E-state index is 15.3. The smallest absolute Gasteiger partial charge is 0.245 e. The third-order valence-electron chi connectivity index (χ3n) is 17.1. The van der Waals surface area contributed by atoms with Crippen LogP contribution in [0, 0.1) is 23.7 Å². The van der Waals surface area contributed by atoms with Crippen LogP contribution in [0.3, 0.4) is 0 Å². The van der Waals surface area contributed by atoms with E-state index >= 15 is 19.2 Å². The Hall–Kier alpha value is -7.96. The lowest BCUT2D eigenvalue weighted by molar-refractivity contribution is -0.151. The van der Waals surface area contributed by atoms with Gasteiger partial charge >= 0.3 is 0 Å². The van der Waals surface area contributed by atoms with Gasteiger partial charge in [0.05, 0.1) is 19.1 Å². The molecule has 12 amide bonds. The first-order chi connectivity index (χ1) is 42.8. The zero-order chi connectivity index (χ0) is 68.1. The van der Waals surface area contributed by atoms with Gasteiger partial charge in [-0.15, -0.1) is 0 Å². The number of likely N-dealkylation sites (N-methyl/N-ethyl adjacent to an activating group) is 4. The van der Waals surface area contributed by atoms with Gasteiger partial charge in [0.15, 0.2) is 0 Å². The van der Waals surface area contributed by atoms with E-state index in [4.69, 9.17) is 0 Å². The molecule has 8 N–H and O–H groups in total. The molecule has 504 valence electrons. The molecule has 2 heterocycles. The van der Waals surface area contributed by atoms with Crippen molar-refractivity contribution < 1.29 is 62.6 Å². The number of carbonyl (C=O) groups excluding carboxylic acids is 12. The van der Waals surface area contributed by atoms with Crippen molar-refractivity contribution in [3.63, 3.8) is 0 Å². The number of hydrogen-bond acceptors (Lipinski definition) is 13. The van der Waals surface area contributed by atoms with Crippen LogP contribution in [0.25, 0.3) is 0 Å². The van der Waals surface area contributed by atoms with E-state index in [1.54, 1.807) is 81.4 Å². The number of carbonyl (C=O) groups is 12. The number of piperidine rings is 1. The molecule has 2 aromatic rings. The minimum atomic E-state index is -1.71. The van der Waals surface area contributed by atoms with Gasteiger partial charge in [0.2, 0.25) is 70.9 Å². The summed E-state index contributed by atoms with van der Waals surface area (Å²) in [5, 5.41) is 29.4. The summed E-state index contributed by atoms with van der Waals surface area (Å²) in [7, 11) is 5.67. The molecule has 0 spiro atoms. The molecule has 2 aliphatic rings. The molecule has 12 atom stereocenters. The number of rotatable bonds is 13. The normalized spacial score (nSPS) is 26.3. The van der Waals surface area contributed by atoms with E-state index in [9.17, 15) is 43.5 Å². The van der Waals surface area contributed by atoms with Gasteiger partial charge in [0.25, 0.3) is 0 Å². The number of hydrogen-bond donors (Lipinski definition) is 8. The lowest BCUT2D eigenvalue weighted by atomic mass is 9.95. The van der Waals surface area contributed by atoms with Crippen LogP contribution in [0.2, 0.25) is 0 Å². The number of nitrogens with one attached hydrogen (secondary N) is 7. The van der Waals surface area contributed by atoms with E-state index in [1.807, 2.05) is 34.6 Å². The molecule has 4 rings (SSSR count). The fourth-order valence-corrected chi connectivity index (χ4v) is 11.3. The molecule has 2 aromatic carbocycles. The summed E-state index contributed by atoms with van der Waals surface area (Å²) < 4.78 is 0. The van der Waals surface area contributed by atoms with Gasteiger partial charge in [-0.25, -0.2) is 0 Å². The van der Waals surface area contributed by atoms with E-state index < -0.39 is 162 Å².